The number of terminal acetylenes is 1. The number of alkyl carbamates (subject to hydrolysis) is 1. The Bertz CT molecular complexity index is 810. The molecule has 0 spiro atoms. The quantitative estimate of drug-likeness (QED) is 0.183. The fourth-order valence-corrected chi connectivity index (χ4v) is 2.31. The second kappa shape index (κ2) is 13.0. The molecule has 172 valence electrons. The minimum Gasteiger partial charge on any atom is -0.444 e. The molecule has 0 aliphatic rings. The largest absolute Gasteiger partial charge is 0.444 e. The molecule has 4 N–H and O–H groups in total. The molecule has 0 unspecified atom stereocenters. The van der Waals surface area contributed by atoms with Crippen molar-refractivity contribution in [2.75, 3.05) is 25.0 Å². The molecule has 0 bridgehead atoms. The summed E-state index contributed by atoms with van der Waals surface area (Å²) in [6.45, 7) is 12.0. The highest BCUT2D eigenvalue weighted by molar-refractivity contribution is 14.0. The predicted molar refractivity (Wildman–Crippen MR) is 136 cm³/mol. The molecule has 1 rings (SSSR count). The van der Waals surface area contributed by atoms with Crippen molar-refractivity contribution in [3.8, 4) is 12.3 Å². The molecule has 0 radical (unpaired) electrons. The van der Waals surface area contributed by atoms with Crippen molar-refractivity contribution < 1.29 is 14.3 Å². The normalized spacial score (nSPS) is 11.5. The fraction of sp³-hybridized carbons (Fsp3) is 0.500. The number of rotatable bonds is 7. The standard InChI is InChI=1S/C22H33N5O3.HI/c1-8-16-11-10-12-17(13-16)26-18(28)14-24-19(23-9-2)25-15-22(6,7)27-20(29)30-21(3,4)5;/h1,10-13H,9,14-15H2,2-7H3,(H,26,28)(H,27,29)(H2,23,24,25);1H. The van der Waals surface area contributed by atoms with Gasteiger partial charge in [-0.3, -0.25) is 4.79 Å². The van der Waals surface area contributed by atoms with Crippen molar-refractivity contribution in [3.63, 3.8) is 0 Å². The van der Waals surface area contributed by atoms with Crippen molar-refractivity contribution in [3.05, 3.63) is 29.8 Å². The first kappa shape index (κ1) is 28.5. The van der Waals surface area contributed by atoms with E-state index in [1.807, 2.05) is 41.5 Å². The van der Waals surface area contributed by atoms with Crippen LogP contribution >= 0.6 is 24.0 Å². The van der Waals surface area contributed by atoms with Crippen LogP contribution in [0.5, 0.6) is 0 Å². The zero-order valence-electron chi connectivity index (χ0n) is 19.1. The highest BCUT2D eigenvalue weighted by Gasteiger charge is 2.24. The van der Waals surface area contributed by atoms with Crippen LogP contribution in [0.4, 0.5) is 10.5 Å². The smallest absolute Gasteiger partial charge is 0.408 e. The third kappa shape index (κ3) is 12.7. The minimum absolute atomic E-state index is 0. The number of nitrogens with zero attached hydrogens (tertiary/aromatic N) is 1. The molecule has 0 fully saturated rings. The number of carbonyl (C=O) groups excluding carboxylic acids is 2. The summed E-state index contributed by atoms with van der Waals surface area (Å²) < 4.78 is 5.29. The predicted octanol–water partition coefficient (Wildman–Crippen LogP) is 3.08. The summed E-state index contributed by atoms with van der Waals surface area (Å²) in [6.07, 6.45) is 4.88. The molecule has 9 heteroatoms. The van der Waals surface area contributed by atoms with Crippen LogP contribution < -0.4 is 21.3 Å². The van der Waals surface area contributed by atoms with Crippen LogP contribution in [0, 0.1) is 12.3 Å². The van der Waals surface area contributed by atoms with Crippen LogP contribution in [-0.4, -0.2) is 48.7 Å². The van der Waals surface area contributed by atoms with Gasteiger partial charge in [0.2, 0.25) is 5.91 Å². The van der Waals surface area contributed by atoms with Crippen molar-refractivity contribution in [2.24, 2.45) is 4.99 Å². The van der Waals surface area contributed by atoms with E-state index in [9.17, 15) is 9.59 Å². The Morgan fingerprint density at radius 3 is 2.42 bits per heavy atom. The topological polar surface area (TPSA) is 104 Å². The molecule has 0 aliphatic carbocycles. The van der Waals surface area contributed by atoms with Crippen molar-refractivity contribution in [1.82, 2.24) is 16.0 Å². The third-order valence-electron chi connectivity index (χ3n) is 3.58. The van der Waals surface area contributed by atoms with Crippen LogP contribution in [0.25, 0.3) is 0 Å². The van der Waals surface area contributed by atoms with E-state index in [1.54, 1.807) is 24.3 Å². The highest BCUT2D eigenvalue weighted by Crippen LogP contribution is 2.10. The van der Waals surface area contributed by atoms with Gasteiger partial charge in [-0.1, -0.05) is 12.0 Å². The number of ether oxygens (including phenoxy) is 1. The first-order valence-electron chi connectivity index (χ1n) is 9.84. The van der Waals surface area contributed by atoms with E-state index in [-0.39, 0.29) is 36.4 Å². The third-order valence-corrected chi connectivity index (χ3v) is 3.58. The lowest BCUT2D eigenvalue weighted by Crippen LogP contribution is -2.54. The van der Waals surface area contributed by atoms with Gasteiger partial charge in [-0.25, -0.2) is 9.79 Å². The summed E-state index contributed by atoms with van der Waals surface area (Å²) in [5.74, 6) is 2.72. The minimum atomic E-state index is -0.601. The maximum absolute atomic E-state index is 12.2. The van der Waals surface area contributed by atoms with E-state index in [0.717, 1.165) is 0 Å². The summed E-state index contributed by atoms with van der Waals surface area (Å²) in [4.78, 5) is 28.5. The number of nitrogens with one attached hydrogen (secondary N) is 4. The number of carbonyl (C=O) groups is 2. The lowest BCUT2D eigenvalue weighted by atomic mass is 10.1. The number of aliphatic imine (C=N–C) groups is 1. The van der Waals surface area contributed by atoms with Crippen LogP contribution in [0.3, 0.4) is 0 Å². The Kier molecular flexibility index (Phi) is 12.0. The van der Waals surface area contributed by atoms with Crippen LogP contribution in [0.15, 0.2) is 29.3 Å². The number of halogens is 1. The average Bonchev–Trinajstić information content (AvgIpc) is 2.62. The lowest BCUT2D eigenvalue weighted by Gasteiger charge is -2.29. The van der Waals surface area contributed by atoms with Crippen LogP contribution in [0.1, 0.15) is 47.1 Å². The van der Waals surface area contributed by atoms with Gasteiger partial charge in [0.05, 0.1) is 5.54 Å². The molecule has 0 aromatic heterocycles. The van der Waals surface area contributed by atoms with Gasteiger partial charge >= 0.3 is 6.09 Å². The molecule has 1 aromatic carbocycles. The van der Waals surface area contributed by atoms with Crippen LogP contribution in [0.2, 0.25) is 0 Å². The van der Waals surface area contributed by atoms with E-state index in [1.165, 1.54) is 0 Å². The molecule has 1 aromatic rings. The second-order valence-corrected chi connectivity index (χ2v) is 8.33. The average molecular weight is 543 g/mol. The molecule has 0 saturated heterocycles. The summed E-state index contributed by atoms with van der Waals surface area (Å²) in [6, 6.07) is 7.04. The van der Waals surface area contributed by atoms with Gasteiger partial charge in [0.15, 0.2) is 5.96 Å². The lowest BCUT2D eigenvalue weighted by molar-refractivity contribution is -0.114. The summed E-state index contributed by atoms with van der Waals surface area (Å²) >= 11 is 0. The molecule has 0 atom stereocenters. The molecular weight excluding hydrogens is 509 g/mol. The molecule has 2 amide bonds. The number of hydrogen-bond acceptors (Lipinski definition) is 4. The van der Waals surface area contributed by atoms with Gasteiger partial charge in [-0.15, -0.1) is 30.4 Å². The first-order valence-corrected chi connectivity index (χ1v) is 9.84. The van der Waals surface area contributed by atoms with E-state index in [0.29, 0.717) is 30.3 Å². The van der Waals surface area contributed by atoms with Crippen LogP contribution in [-0.2, 0) is 9.53 Å². The molecule has 0 aliphatic heterocycles. The number of amides is 2. The summed E-state index contributed by atoms with van der Waals surface area (Å²) in [5.41, 5.74) is 0.130. The van der Waals surface area contributed by atoms with E-state index in [4.69, 9.17) is 11.2 Å². The first-order chi connectivity index (χ1) is 13.9. The fourth-order valence-electron chi connectivity index (χ4n) is 2.31. The zero-order valence-corrected chi connectivity index (χ0v) is 21.4. The molecular formula is C22H34IN5O3. The van der Waals surface area contributed by atoms with Gasteiger partial charge in [0.25, 0.3) is 0 Å². The van der Waals surface area contributed by atoms with E-state index >= 15 is 0 Å². The second-order valence-electron chi connectivity index (χ2n) is 8.33. The molecule has 0 heterocycles. The monoisotopic (exact) mass is 543 g/mol. The Morgan fingerprint density at radius 1 is 1.16 bits per heavy atom. The van der Waals surface area contributed by atoms with Crippen molar-refractivity contribution in [1.29, 1.82) is 0 Å². The number of guanidine groups is 1. The van der Waals surface area contributed by atoms with Gasteiger partial charge < -0.3 is 26.0 Å². The van der Waals surface area contributed by atoms with Crippen molar-refractivity contribution >= 4 is 47.6 Å². The number of benzene rings is 1. The van der Waals surface area contributed by atoms with E-state index < -0.39 is 17.2 Å². The summed E-state index contributed by atoms with van der Waals surface area (Å²) in [7, 11) is 0. The SMILES string of the molecule is C#Cc1cccc(NC(=O)CN=C(NCC)NCC(C)(C)NC(=O)OC(C)(C)C)c1.I. The Morgan fingerprint density at radius 2 is 1.84 bits per heavy atom. The number of hydrogen-bond donors (Lipinski definition) is 4. The van der Waals surface area contributed by atoms with Crippen molar-refractivity contribution in [2.45, 2.75) is 52.7 Å². The molecule has 0 saturated carbocycles. The van der Waals surface area contributed by atoms with Gasteiger partial charge in [0, 0.05) is 24.3 Å². The maximum Gasteiger partial charge on any atom is 0.408 e. The molecule has 8 nitrogen and oxygen atoms in total. The summed E-state index contributed by atoms with van der Waals surface area (Å²) in [5, 5.41) is 11.8. The van der Waals surface area contributed by atoms with Gasteiger partial charge in [0.1, 0.15) is 12.1 Å². The Balaban J connectivity index is 0.00000900. The molecule has 31 heavy (non-hydrogen) atoms. The highest BCUT2D eigenvalue weighted by atomic mass is 127. The zero-order chi connectivity index (χ0) is 22.8. The van der Waals surface area contributed by atoms with E-state index in [2.05, 4.69) is 32.2 Å². The van der Waals surface area contributed by atoms with Gasteiger partial charge in [-0.2, -0.15) is 0 Å². The maximum atomic E-state index is 12.2. The van der Waals surface area contributed by atoms with Gasteiger partial charge in [-0.05, 0) is 59.7 Å². The Hall–Kier alpha value is -2.48. The Labute approximate surface area is 202 Å². The number of anilines is 1.